The molecule has 0 fully saturated rings. The van der Waals surface area contributed by atoms with Crippen LogP contribution in [0.3, 0.4) is 0 Å². The Bertz CT molecular complexity index is 435. The average Bonchev–Trinajstić information content (AvgIpc) is 2.25. The van der Waals surface area contributed by atoms with E-state index in [1.54, 1.807) is 7.05 Å². The van der Waals surface area contributed by atoms with E-state index >= 15 is 0 Å². The second-order valence-corrected chi connectivity index (χ2v) is 5.87. The first-order chi connectivity index (χ1) is 8.18. The lowest BCUT2D eigenvalue weighted by Gasteiger charge is -2.24. The first kappa shape index (κ1) is 14.7. The summed E-state index contributed by atoms with van der Waals surface area (Å²) in [6.45, 7) is 10.6. The van der Waals surface area contributed by atoms with Crippen molar-refractivity contribution < 1.29 is 4.79 Å². The van der Waals surface area contributed by atoms with Crippen LogP contribution < -0.4 is 11.1 Å². The van der Waals surface area contributed by atoms with Gasteiger partial charge in [-0.3, -0.25) is 4.79 Å². The lowest BCUT2D eigenvalue weighted by atomic mass is 9.82. The van der Waals surface area contributed by atoms with Gasteiger partial charge in [-0.15, -0.1) is 0 Å². The molecule has 1 unspecified atom stereocenters. The second kappa shape index (κ2) is 5.11. The number of amides is 1. The van der Waals surface area contributed by atoms with Crippen LogP contribution in [0.4, 0.5) is 0 Å². The molecule has 3 N–H and O–H groups in total. The van der Waals surface area contributed by atoms with Gasteiger partial charge in [0.1, 0.15) is 6.04 Å². The zero-order valence-electron chi connectivity index (χ0n) is 12.2. The van der Waals surface area contributed by atoms with Crippen LogP contribution in [0, 0.1) is 13.8 Å². The van der Waals surface area contributed by atoms with Gasteiger partial charge in [0.15, 0.2) is 0 Å². The number of benzene rings is 1. The Hall–Kier alpha value is -1.35. The maximum atomic E-state index is 11.7. The van der Waals surface area contributed by atoms with Gasteiger partial charge in [-0.2, -0.15) is 0 Å². The van der Waals surface area contributed by atoms with Gasteiger partial charge in [0, 0.05) is 7.05 Å². The summed E-state index contributed by atoms with van der Waals surface area (Å²) in [6, 6.07) is 3.67. The molecule has 0 saturated carbocycles. The van der Waals surface area contributed by atoms with E-state index in [1.165, 1.54) is 5.56 Å². The van der Waals surface area contributed by atoms with E-state index < -0.39 is 6.04 Å². The Kier molecular flexibility index (Phi) is 4.17. The zero-order chi connectivity index (χ0) is 14.1. The summed E-state index contributed by atoms with van der Waals surface area (Å²) in [7, 11) is 1.61. The van der Waals surface area contributed by atoms with Crippen LogP contribution in [0.15, 0.2) is 12.1 Å². The van der Waals surface area contributed by atoms with Crippen molar-refractivity contribution in [3.63, 3.8) is 0 Å². The molecular weight excluding hydrogens is 224 g/mol. The summed E-state index contributed by atoms with van der Waals surface area (Å²) in [5.74, 6) is -0.148. The predicted octanol–water partition coefficient (Wildman–Crippen LogP) is 2.35. The minimum atomic E-state index is -0.594. The van der Waals surface area contributed by atoms with Gasteiger partial charge in [-0.25, -0.2) is 0 Å². The topological polar surface area (TPSA) is 55.1 Å². The maximum absolute atomic E-state index is 11.7. The molecule has 1 aromatic rings. The molecule has 100 valence electrons. The van der Waals surface area contributed by atoms with E-state index in [0.717, 1.165) is 16.7 Å². The van der Waals surface area contributed by atoms with Crippen molar-refractivity contribution in [1.29, 1.82) is 0 Å². The number of nitrogens with one attached hydrogen (secondary N) is 1. The first-order valence-corrected chi connectivity index (χ1v) is 6.27. The van der Waals surface area contributed by atoms with Gasteiger partial charge in [0.2, 0.25) is 5.91 Å². The number of nitrogens with two attached hydrogens (primary N) is 1. The molecular formula is C15H24N2O. The molecule has 18 heavy (non-hydrogen) atoms. The minimum Gasteiger partial charge on any atom is -0.358 e. The third-order valence-corrected chi connectivity index (χ3v) is 3.30. The molecule has 3 heteroatoms. The van der Waals surface area contributed by atoms with E-state index in [9.17, 15) is 4.79 Å². The standard InChI is InChI=1S/C15H24N2O/c1-9-7-11(15(3,4)5)8-10(2)12(9)13(16)14(18)17-6/h7-8,13H,16H2,1-6H3,(H,17,18). The van der Waals surface area contributed by atoms with Crippen LogP contribution in [0.1, 0.15) is 49.1 Å². The third kappa shape index (κ3) is 2.91. The molecule has 0 bridgehead atoms. The van der Waals surface area contributed by atoms with Crippen molar-refractivity contribution in [2.45, 2.75) is 46.1 Å². The fraction of sp³-hybridized carbons (Fsp3) is 0.533. The van der Waals surface area contributed by atoms with Crippen molar-refractivity contribution in [2.24, 2.45) is 5.73 Å². The molecule has 1 amide bonds. The lowest BCUT2D eigenvalue weighted by molar-refractivity contribution is -0.122. The normalized spacial score (nSPS) is 13.3. The van der Waals surface area contributed by atoms with Crippen LogP contribution in [-0.2, 0) is 10.2 Å². The Labute approximate surface area is 110 Å². The second-order valence-electron chi connectivity index (χ2n) is 5.87. The number of likely N-dealkylation sites (N-methyl/N-ethyl adjacent to an activating group) is 1. The highest BCUT2D eigenvalue weighted by Gasteiger charge is 2.21. The van der Waals surface area contributed by atoms with E-state index in [1.807, 2.05) is 13.8 Å². The van der Waals surface area contributed by atoms with Crippen molar-refractivity contribution in [1.82, 2.24) is 5.32 Å². The number of carbonyl (C=O) groups excluding carboxylic acids is 1. The fourth-order valence-electron chi connectivity index (χ4n) is 2.18. The molecule has 0 aliphatic rings. The summed E-state index contributed by atoms with van der Waals surface area (Å²) in [5, 5.41) is 2.60. The van der Waals surface area contributed by atoms with E-state index in [-0.39, 0.29) is 11.3 Å². The average molecular weight is 248 g/mol. The number of aryl methyl sites for hydroxylation is 2. The number of hydrogen-bond acceptors (Lipinski definition) is 2. The zero-order valence-corrected chi connectivity index (χ0v) is 12.2. The van der Waals surface area contributed by atoms with Crippen molar-refractivity contribution in [3.8, 4) is 0 Å². The quantitative estimate of drug-likeness (QED) is 0.844. The van der Waals surface area contributed by atoms with Crippen LogP contribution in [0.5, 0.6) is 0 Å². The Balaban J connectivity index is 3.29. The molecule has 0 heterocycles. The highest BCUT2D eigenvalue weighted by molar-refractivity contribution is 5.83. The van der Waals surface area contributed by atoms with Gasteiger partial charge >= 0.3 is 0 Å². The number of rotatable bonds is 2. The molecule has 0 aliphatic heterocycles. The van der Waals surface area contributed by atoms with Crippen molar-refractivity contribution >= 4 is 5.91 Å². The van der Waals surface area contributed by atoms with E-state index in [2.05, 4.69) is 38.2 Å². The maximum Gasteiger partial charge on any atom is 0.241 e. The summed E-state index contributed by atoms with van der Waals surface area (Å²) < 4.78 is 0. The molecule has 0 saturated heterocycles. The van der Waals surface area contributed by atoms with E-state index in [4.69, 9.17) is 5.73 Å². The van der Waals surface area contributed by atoms with Crippen molar-refractivity contribution in [3.05, 3.63) is 34.4 Å². The number of carbonyl (C=O) groups is 1. The largest absolute Gasteiger partial charge is 0.358 e. The molecule has 3 nitrogen and oxygen atoms in total. The molecule has 0 aromatic heterocycles. The van der Waals surface area contributed by atoms with Gasteiger partial charge in [-0.1, -0.05) is 32.9 Å². The molecule has 0 spiro atoms. The van der Waals surface area contributed by atoms with E-state index in [0.29, 0.717) is 0 Å². The van der Waals surface area contributed by atoms with Gasteiger partial charge in [0.05, 0.1) is 0 Å². The van der Waals surface area contributed by atoms with Gasteiger partial charge in [-0.05, 0) is 41.5 Å². The highest BCUT2D eigenvalue weighted by atomic mass is 16.2. The monoisotopic (exact) mass is 248 g/mol. The van der Waals surface area contributed by atoms with Gasteiger partial charge in [0.25, 0.3) is 0 Å². The predicted molar refractivity (Wildman–Crippen MR) is 75.6 cm³/mol. The molecule has 1 rings (SSSR count). The third-order valence-electron chi connectivity index (χ3n) is 3.30. The summed E-state index contributed by atoms with van der Waals surface area (Å²) in [5.41, 5.74) is 10.5. The molecule has 0 aliphatic carbocycles. The SMILES string of the molecule is CNC(=O)C(N)c1c(C)cc(C(C)(C)C)cc1C. The van der Waals surface area contributed by atoms with Crippen molar-refractivity contribution in [2.75, 3.05) is 7.05 Å². The number of hydrogen-bond donors (Lipinski definition) is 2. The summed E-state index contributed by atoms with van der Waals surface area (Å²) in [4.78, 5) is 11.7. The summed E-state index contributed by atoms with van der Waals surface area (Å²) >= 11 is 0. The smallest absolute Gasteiger partial charge is 0.241 e. The van der Waals surface area contributed by atoms with Gasteiger partial charge < -0.3 is 11.1 Å². The fourth-order valence-corrected chi connectivity index (χ4v) is 2.18. The van der Waals surface area contributed by atoms with Crippen LogP contribution >= 0.6 is 0 Å². The molecule has 0 radical (unpaired) electrons. The summed E-state index contributed by atoms with van der Waals surface area (Å²) in [6.07, 6.45) is 0. The Morgan fingerprint density at radius 3 is 2.00 bits per heavy atom. The molecule has 1 aromatic carbocycles. The Morgan fingerprint density at radius 1 is 1.22 bits per heavy atom. The van der Waals surface area contributed by atoms with Crippen LogP contribution in [-0.4, -0.2) is 13.0 Å². The molecule has 1 atom stereocenters. The highest BCUT2D eigenvalue weighted by Crippen LogP contribution is 2.29. The Morgan fingerprint density at radius 2 is 1.67 bits per heavy atom. The lowest BCUT2D eigenvalue weighted by Crippen LogP contribution is -2.32. The van der Waals surface area contributed by atoms with Crippen LogP contribution in [0.25, 0.3) is 0 Å². The minimum absolute atomic E-state index is 0.102. The first-order valence-electron chi connectivity index (χ1n) is 6.27. The van der Waals surface area contributed by atoms with Crippen LogP contribution in [0.2, 0.25) is 0 Å².